The van der Waals surface area contributed by atoms with E-state index in [-0.39, 0.29) is 0 Å². The molecule has 1 unspecified atom stereocenters. The molecular weight excluding hydrogens is 248 g/mol. The first kappa shape index (κ1) is 13.8. The Labute approximate surface area is 121 Å². The van der Waals surface area contributed by atoms with Crippen LogP contribution in [0.1, 0.15) is 50.6 Å². The van der Waals surface area contributed by atoms with E-state index in [0.717, 1.165) is 30.4 Å². The fourth-order valence-electron chi connectivity index (χ4n) is 3.42. The third kappa shape index (κ3) is 3.92. The largest absolute Gasteiger partial charge is 0.366 e. The van der Waals surface area contributed by atoms with E-state index in [9.17, 15) is 0 Å². The summed E-state index contributed by atoms with van der Waals surface area (Å²) in [6.07, 6.45) is 10.2. The lowest BCUT2D eigenvalue weighted by Crippen LogP contribution is -2.16. The van der Waals surface area contributed by atoms with Crippen molar-refractivity contribution in [3.8, 4) is 0 Å². The molecule has 3 rings (SSSR count). The molecule has 0 bridgehead atoms. The molecular formula is C16H26N4. The zero-order valence-electron chi connectivity index (χ0n) is 12.3. The number of nitrogens with one attached hydrogen (secondary N) is 2. The van der Waals surface area contributed by atoms with Gasteiger partial charge in [-0.2, -0.15) is 5.10 Å². The van der Waals surface area contributed by atoms with Crippen molar-refractivity contribution < 1.29 is 0 Å². The summed E-state index contributed by atoms with van der Waals surface area (Å²) < 4.78 is 0. The van der Waals surface area contributed by atoms with E-state index in [4.69, 9.17) is 0 Å². The molecule has 20 heavy (non-hydrogen) atoms. The van der Waals surface area contributed by atoms with Gasteiger partial charge in [0.05, 0.1) is 5.69 Å². The van der Waals surface area contributed by atoms with E-state index in [1.165, 1.54) is 51.5 Å². The summed E-state index contributed by atoms with van der Waals surface area (Å²) in [7, 11) is 0. The number of rotatable bonds is 4. The minimum Gasteiger partial charge on any atom is -0.366 e. The van der Waals surface area contributed by atoms with Crippen molar-refractivity contribution >= 4 is 5.82 Å². The Bertz CT molecular complexity index is 389. The summed E-state index contributed by atoms with van der Waals surface area (Å²) in [5.74, 6) is 1.72. The van der Waals surface area contributed by atoms with Gasteiger partial charge in [-0.05, 0) is 69.7 Å². The first-order chi connectivity index (χ1) is 9.90. The molecule has 1 aliphatic heterocycles. The lowest BCUT2D eigenvalue weighted by molar-refractivity contribution is 0.463. The average molecular weight is 274 g/mol. The summed E-state index contributed by atoms with van der Waals surface area (Å²) in [4.78, 5) is 0. The van der Waals surface area contributed by atoms with Gasteiger partial charge >= 0.3 is 0 Å². The van der Waals surface area contributed by atoms with Crippen LogP contribution in [-0.4, -0.2) is 29.3 Å². The molecule has 1 saturated heterocycles. The van der Waals surface area contributed by atoms with Crippen molar-refractivity contribution in [2.75, 3.05) is 18.4 Å². The highest BCUT2D eigenvalue weighted by Gasteiger charge is 2.16. The number of anilines is 1. The van der Waals surface area contributed by atoms with Gasteiger partial charge in [0.2, 0.25) is 0 Å². The highest BCUT2D eigenvalue weighted by atomic mass is 15.2. The maximum atomic E-state index is 4.41. The fourth-order valence-corrected chi connectivity index (χ4v) is 3.42. The lowest BCUT2D eigenvalue weighted by atomic mass is 9.95. The average Bonchev–Trinajstić information content (AvgIpc) is 2.84. The zero-order chi connectivity index (χ0) is 13.6. The number of hydrogen-bond acceptors (Lipinski definition) is 4. The lowest BCUT2D eigenvalue weighted by Gasteiger charge is -2.14. The SMILES string of the molecule is c1cc(NC2CCCC2)nnc1CC1CCCNCC1. The number of aromatic nitrogens is 2. The first-order valence-corrected chi connectivity index (χ1v) is 8.20. The molecule has 0 spiro atoms. The second-order valence-electron chi connectivity index (χ2n) is 6.29. The smallest absolute Gasteiger partial charge is 0.148 e. The first-order valence-electron chi connectivity index (χ1n) is 8.20. The van der Waals surface area contributed by atoms with E-state index >= 15 is 0 Å². The van der Waals surface area contributed by atoms with Crippen molar-refractivity contribution in [3.05, 3.63) is 17.8 Å². The van der Waals surface area contributed by atoms with Gasteiger partial charge in [-0.3, -0.25) is 0 Å². The second kappa shape index (κ2) is 7.02. The van der Waals surface area contributed by atoms with Crippen molar-refractivity contribution in [1.82, 2.24) is 15.5 Å². The molecule has 2 heterocycles. The van der Waals surface area contributed by atoms with Crippen LogP contribution in [0.5, 0.6) is 0 Å². The molecule has 1 aromatic heterocycles. The molecule has 1 atom stereocenters. The molecule has 2 N–H and O–H groups in total. The van der Waals surface area contributed by atoms with Gasteiger partial charge in [0.25, 0.3) is 0 Å². The van der Waals surface area contributed by atoms with Gasteiger partial charge < -0.3 is 10.6 Å². The highest BCUT2D eigenvalue weighted by Crippen LogP contribution is 2.22. The number of nitrogens with zero attached hydrogens (tertiary/aromatic N) is 2. The van der Waals surface area contributed by atoms with Gasteiger partial charge in [-0.25, -0.2) is 0 Å². The van der Waals surface area contributed by atoms with E-state index in [1.54, 1.807) is 0 Å². The molecule has 0 amide bonds. The predicted octanol–water partition coefficient (Wildman–Crippen LogP) is 2.76. The molecule has 110 valence electrons. The molecule has 1 aromatic rings. The summed E-state index contributed by atoms with van der Waals surface area (Å²) >= 11 is 0. The Kier molecular flexibility index (Phi) is 4.85. The van der Waals surface area contributed by atoms with Crippen molar-refractivity contribution in [2.24, 2.45) is 5.92 Å². The van der Waals surface area contributed by atoms with E-state index in [2.05, 4.69) is 33.0 Å². The van der Waals surface area contributed by atoms with Crippen LogP contribution in [0, 0.1) is 5.92 Å². The van der Waals surface area contributed by atoms with Crippen LogP contribution in [0.4, 0.5) is 5.82 Å². The molecule has 4 nitrogen and oxygen atoms in total. The summed E-state index contributed by atoms with van der Waals surface area (Å²) in [5.41, 5.74) is 1.15. The van der Waals surface area contributed by atoms with Crippen LogP contribution in [0.25, 0.3) is 0 Å². The van der Waals surface area contributed by atoms with E-state index in [0.29, 0.717) is 6.04 Å². The summed E-state index contributed by atoms with van der Waals surface area (Å²) in [6, 6.07) is 4.88. The third-order valence-electron chi connectivity index (χ3n) is 4.62. The van der Waals surface area contributed by atoms with Crippen molar-refractivity contribution in [1.29, 1.82) is 0 Å². The highest BCUT2D eigenvalue weighted by molar-refractivity contribution is 5.34. The Morgan fingerprint density at radius 3 is 2.70 bits per heavy atom. The van der Waals surface area contributed by atoms with Crippen LogP contribution >= 0.6 is 0 Å². The standard InChI is InChI=1S/C16H26N4/c1-2-6-14(5-1)18-16-8-7-15(19-20-16)12-13-4-3-10-17-11-9-13/h7-8,13-14,17H,1-6,9-12H2,(H,18,20). The van der Waals surface area contributed by atoms with Crippen molar-refractivity contribution in [3.63, 3.8) is 0 Å². The quantitative estimate of drug-likeness (QED) is 0.886. The minimum atomic E-state index is 0.614. The van der Waals surface area contributed by atoms with Crippen LogP contribution in [-0.2, 0) is 6.42 Å². The molecule has 1 aliphatic carbocycles. The van der Waals surface area contributed by atoms with Crippen LogP contribution in [0.3, 0.4) is 0 Å². The Balaban J connectivity index is 1.52. The molecule has 0 aromatic carbocycles. The molecule has 2 aliphatic rings. The second-order valence-corrected chi connectivity index (χ2v) is 6.29. The topological polar surface area (TPSA) is 49.8 Å². The van der Waals surface area contributed by atoms with Crippen LogP contribution in [0.2, 0.25) is 0 Å². The van der Waals surface area contributed by atoms with Crippen molar-refractivity contribution in [2.45, 2.75) is 57.4 Å². The maximum Gasteiger partial charge on any atom is 0.148 e. The third-order valence-corrected chi connectivity index (χ3v) is 4.62. The normalized spacial score (nSPS) is 24.5. The molecule has 4 heteroatoms. The van der Waals surface area contributed by atoms with E-state index < -0.39 is 0 Å². The van der Waals surface area contributed by atoms with Crippen LogP contribution < -0.4 is 10.6 Å². The summed E-state index contributed by atoms with van der Waals surface area (Å²) in [6.45, 7) is 2.33. The monoisotopic (exact) mass is 274 g/mol. The minimum absolute atomic E-state index is 0.614. The Morgan fingerprint density at radius 2 is 1.90 bits per heavy atom. The molecule has 1 saturated carbocycles. The Morgan fingerprint density at radius 1 is 1.00 bits per heavy atom. The maximum absolute atomic E-state index is 4.41. The molecule has 0 radical (unpaired) electrons. The van der Waals surface area contributed by atoms with Gasteiger partial charge in [0.15, 0.2) is 0 Å². The Hall–Kier alpha value is -1.16. The summed E-state index contributed by atoms with van der Waals surface area (Å²) in [5, 5.41) is 15.7. The molecule has 2 fully saturated rings. The van der Waals surface area contributed by atoms with Gasteiger partial charge in [0.1, 0.15) is 5.82 Å². The van der Waals surface area contributed by atoms with Crippen LogP contribution in [0.15, 0.2) is 12.1 Å². The zero-order valence-corrected chi connectivity index (χ0v) is 12.3. The number of hydrogen-bond donors (Lipinski definition) is 2. The van der Waals surface area contributed by atoms with Gasteiger partial charge in [-0.15, -0.1) is 5.10 Å². The van der Waals surface area contributed by atoms with Gasteiger partial charge in [0, 0.05) is 6.04 Å². The van der Waals surface area contributed by atoms with Gasteiger partial charge in [-0.1, -0.05) is 12.8 Å². The predicted molar refractivity (Wildman–Crippen MR) is 81.8 cm³/mol. The van der Waals surface area contributed by atoms with E-state index in [1.807, 2.05) is 0 Å². The fraction of sp³-hybridized carbons (Fsp3) is 0.750.